The number of fused-ring (bicyclic) bond motifs is 1. The molecule has 1 aromatic heterocycles. The number of rotatable bonds is 2. The summed E-state index contributed by atoms with van der Waals surface area (Å²) in [7, 11) is 2.11. The van der Waals surface area contributed by atoms with E-state index in [1.165, 1.54) is 33.2 Å². The number of aryl methyl sites for hydroxylation is 1. The van der Waals surface area contributed by atoms with Crippen LogP contribution < -0.4 is 4.57 Å². The molecule has 0 fully saturated rings. The lowest BCUT2D eigenvalue weighted by atomic mass is 10.0. The Morgan fingerprint density at radius 3 is 2.04 bits per heavy atom. The van der Waals surface area contributed by atoms with Gasteiger partial charge in [0.25, 0.3) is 0 Å². The van der Waals surface area contributed by atoms with E-state index in [0.29, 0.717) is 0 Å². The summed E-state index contributed by atoms with van der Waals surface area (Å²) in [4.78, 5) is 0. The van der Waals surface area contributed by atoms with Gasteiger partial charge in [-0.15, -0.1) is 0 Å². The Balaban J connectivity index is 1.86. The molecule has 0 saturated carbocycles. The van der Waals surface area contributed by atoms with Gasteiger partial charge in [-0.05, 0) is 34.7 Å². The summed E-state index contributed by atoms with van der Waals surface area (Å²) in [6.07, 6.45) is 2.19. The van der Waals surface area contributed by atoms with Gasteiger partial charge in [0.15, 0.2) is 6.20 Å². The highest BCUT2D eigenvalue weighted by Gasteiger charge is 2.12. The van der Waals surface area contributed by atoms with Crippen LogP contribution in [0.25, 0.3) is 33.2 Å². The van der Waals surface area contributed by atoms with Crippen LogP contribution in [0.3, 0.4) is 0 Å². The average Bonchev–Trinajstić information content (AvgIpc) is 2.62. The zero-order chi connectivity index (χ0) is 15.6. The largest absolute Gasteiger partial charge is 0.212 e. The summed E-state index contributed by atoms with van der Waals surface area (Å²) in [5.41, 5.74) is 4.95. The molecule has 0 radical (unpaired) electrons. The number of benzene rings is 3. The number of pyridine rings is 1. The average molecular weight is 296 g/mol. The van der Waals surface area contributed by atoms with E-state index < -0.39 is 0 Å². The third-order valence-electron chi connectivity index (χ3n) is 4.27. The maximum absolute atomic E-state index is 2.26. The quantitative estimate of drug-likeness (QED) is 0.458. The van der Waals surface area contributed by atoms with Crippen LogP contribution in [0.15, 0.2) is 91.1 Å². The van der Waals surface area contributed by atoms with E-state index in [1.54, 1.807) is 0 Å². The van der Waals surface area contributed by atoms with Crippen LogP contribution in [0.1, 0.15) is 0 Å². The first-order chi connectivity index (χ1) is 11.3. The van der Waals surface area contributed by atoms with E-state index in [0.717, 1.165) is 0 Å². The third-order valence-corrected chi connectivity index (χ3v) is 4.27. The minimum atomic E-state index is 1.22. The van der Waals surface area contributed by atoms with Crippen molar-refractivity contribution in [1.29, 1.82) is 0 Å². The molecule has 0 unspecified atom stereocenters. The van der Waals surface area contributed by atoms with Crippen molar-refractivity contribution >= 4 is 10.8 Å². The molecule has 1 heterocycles. The molecule has 110 valence electrons. The van der Waals surface area contributed by atoms with Crippen LogP contribution in [0.2, 0.25) is 0 Å². The summed E-state index contributed by atoms with van der Waals surface area (Å²) < 4.78 is 2.20. The van der Waals surface area contributed by atoms with Crippen LogP contribution in [-0.4, -0.2) is 0 Å². The van der Waals surface area contributed by atoms with Crippen molar-refractivity contribution in [2.24, 2.45) is 7.05 Å². The van der Waals surface area contributed by atoms with Crippen LogP contribution in [0.4, 0.5) is 0 Å². The molecule has 1 heteroatoms. The molecule has 4 rings (SSSR count). The molecule has 1 nitrogen and oxygen atoms in total. The van der Waals surface area contributed by atoms with Gasteiger partial charge >= 0.3 is 0 Å². The zero-order valence-corrected chi connectivity index (χ0v) is 13.1. The first-order valence-corrected chi connectivity index (χ1v) is 7.85. The normalized spacial score (nSPS) is 10.8. The number of hydrogen-bond donors (Lipinski definition) is 0. The van der Waals surface area contributed by atoms with E-state index in [2.05, 4.69) is 103 Å². The molecule has 0 bridgehead atoms. The number of nitrogens with zero attached hydrogens (tertiary/aromatic N) is 1. The van der Waals surface area contributed by atoms with Crippen LogP contribution in [0, 0.1) is 0 Å². The summed E-state index contributed by atoms with van der Waals surface area (Å²) in [5, 5.41) is 2.53. The van der Waals surface area contributed by atoms with Gasteiger partial charge < -0.3 is 0 Å². The van der Waals surface area contributed by atoms with E-state index in [4.69, 9.17) is 0 Å². The molecule has 0 aliphatic rings. The van der Waals surface area contributed by atoms with Gasteiger partial charge in [0.2, 0.25) is 5.69 Å². The Kier molecular flexibility index (Phi) is 3.39. The molecular weight excluding hydrogens is 278 g/mol. The second-order valence-corrected chi connectivity index (χ2v) is 5.85. The van der Waals surface area contributed by atoms with Gasteiger partial charge in [0.05, 0.1) is 0 Å². The SMILES string of the molecule is C[n+]1cc2ccccc2cc1-c1cccc(-c2ccccc2)c1. The van der Waals surface area contributed by atoms with Crippen LogP contribution in [-0.2, 0) is 7.05 Å². The maximum atomic E-state index is 2.26. The Hall–Kier alpha value is -2.93. The minimum Gasteiger partial charge on any atom is -0.200 e. The summed E-state index contributed by atoms with van der Waals surface area (Å²) in [6.45, 7) is 0. The van der Waals surface area contributed by atoms with Gasteiger partial charge in [-0.3, -0.25) is 0 Å². The van der Waals surface area contributed by atoms with Gasteiger partial charge in [-0.2, -0.15) is 0 Å². The molecule has 0 spiro atoms. The van der Waals surface area contributed by atoms with Crippen molar-refractivity contribution in [3.8, 4) is 22.4 Å². The van der Waals surface area contributed by atoms with E-state index in [9.17, 15) is 0 Å². The van der Waals surface area contributed by atoms with Crippen molar-refractivity contribution < 1.29 is 4.57 Å². The Morgan fingerprint density at radius 1 is 0.565 bits per heavy atom. The number of hydrogen-bond acceptors (Lipinski definition) is 0. The van der Waals surface area contributed by atoms with Crippen molar-refractivity contribution in [3.05, 3.63) is 91.1 Å². The van der Waals surface area contributed by atoms with Crippen molar-refractivity contribution in [3.63, 3.8) is 0 Å². The second kappa shape index (κ2) is 5.69. The van der Waals surface area contributed by atoms with Crippen molar-refractivity contribution in [2.75, 3.05) is 0 Å². The van der Waals surface area contributed by atoms with Crippen LogP contribution >= 0.6 is 0 Å². The van der Waals surface area contributed by atoms with Gasteiger partial charge in [-0.25, -0.2) is 4.57 Å². The first kappa shape index (κ1) is 13.7. The summed E-state index contributed by atoms with van der Waals surface area (Å²) in [6, 6.07) is 30.0. The predicted molar refractivity (Wildman–Crippen MR) is 96.0 cm³/mol. The van der Waals surface area contributed by atoms with Gasteiger partial charge in [0.1, 0.15) is 7.05 Å². The standard InChI is InChI=1S/C22H18N/c1-23-16-21-11-6-5-10-19(21)15-22(23)20-13-7-12-18(14-20)17-8-3-2-4-9-17/h2-16H,1H3/q+1. The highest BCUT2D eigenvalue weighted by atomic mass is 14.9. The molecule has 23 heavy (non-hydrogen) atoms. The summed E-state index contributed by atoms with van der Waals surface area (Å²) >= 11 is 0. The van der Waals surface area contributed by atoms with Crippen molar-refractivity contribution in [2.45, 2.75) is 0 Å². The zero-order valence-electron chi connectivity index (χ0n) is 13.1. The smallest absolute Gasteiger partial charge is 0.200 e. The Bertz CT molecular complexity index is 971. The third kappa shape index (κ3) is 2.62. The first-order valence-electron chi connectivity index (χ1n) is 7.85. The summed E-state index contributed by atoms with van der Waals surface area (Å²) in [5.74, 6) is 0. The Labute approximate surface area is 136 Å². The number of aromatic nitrogens is 1. The molecule has 3 aromatic carbocycles. The molecule has 0 amide bonds. The van der Waals surface area contributed by atoms with Crippen molar-refractivity contribution in [1.82, 2.24) is 0 Å². The highest BCUT2D eigenvalue weighted by molar-refractivity contribution is 5.84. The lowest BCUT2D eigenvalue weighted by molar-refractivity contribution is -0.659. The highest BCUT2D eigenvalue weighted by Crippen LogP contribution is 2.26. The fourth-order valence-corrected chi connectivity index (χ4v) is 3.06. The Morgan fingerprint density at radius 2 is 1.22 bits per heavy atom. The van der Waals surface area contributed by atoms with E-state index in [-0.39, 0.29) is 0 Å². The van der Waals surface area contributed by atoms with Gasteiger partial charge in [-0.1, -0.05) is 60.7 Å². The predicted octanol–water partition coefficient (Wildman–Crippen LogP) is 5.00. The molecule has 4 aromatic rings. The molecule has 0 aliphatic carbocycles. The lowest BCUT2D eigenvalue weighted by Crippen LogP contribution is -2.30. The molecule has 0 saturated heterocycles. The molecule has 0 aliphatic heterocycles. The molecule has 0 atom stereocenters. The minimum absolute atomic E-state index is 1.22. The lowest BCUT2D eigenvalue weighted by Gasteiger charge is -2.06. The molecule has 0 N–H and O–H groups in total. The second-order valence-electron chi connectivity index (χ2n) is 5.85. The van der Waals surface area contributed by atoms with Gasteiger partial charge in [0, 0.05) is 17.0 Å². The fraction of sp³-hybridized carbons (Fsp3) is 0.0455. The van der Waals surface area contributed by atoms with E-state index >= 15 is 0 Å². The molecular formula is C22H18N+. The topological polar surface area (TPSA) is 3.88 Å². The fourth-order valence-electron chi connectivity index (χ4n) is 3.06. The maximum Gasteiger partial charge on any atom is 0.212 e. The monoisotopic (exact) mass is 296 g/mol. The van der Waals surface area contributed by atoms with E-state index in [1.807, 2.05) is 0 Å². The van der Waals surface area contributed by atoms with Crippen LogP contribution in [0.5, 0.6) is 0 Å².